The number of carbonyl (C=O) groups excluding carboxylic acids is 1. The van der Waals surface area contributed by atoms with Crippen molar-refractivity contribution in [2.75, 3.05) is 29.4 Å². The van der Waals surface area contributed by atoms with E-state index in [2.05, 4.69) is 10.0 Å². The van der Waals surface area contributed by atoms with Gasteiger partial charge in [0.05, 0.1) is 23.7 Å². The van der Waals surface area contributed by atoms with Crippen LogP contribution in [0.1, 0.15) is 0 Å². The van der Waals surface area contributed by atoms with Crippen LogP contribution in [0.3, 0.4) is 0 Å². The quantitative estimate of drug-likeness (QED) is 0.748. The van der Waals surface area contributed by atoms with E-state index in [0.717, 1.165) is 6.26 Å². The third kappa shape index (κ3) is 4.91. The Kier molecular flexibility index (Phi) is 4.59. The monoisotopic (exact) mass is 353 g/mol. The first-order valence-corrected chi connectivity index (χ1v) is 8.30. The van der Waals surface area contributed by atoms with Gasteiger partial charge in [-0.05, 0) is 18.2 Å². The van der Waals surface area contributed by atoms with Gasteiger partial charge in [-0.15, -0.1) is 0 Å². The zero-order valence-electron chi connectivity index (χ0n) is 11.9. The van der Waals surface area contributed by atoms with Gasteiger partial charge in [-0.3, -0.25) is 9.52 Å². The highest BCUT2D eigenvalue weighted by Crippen LogP contribution is 2.31. The number of sulfonamides is 1. The molecule has 1 aliphatic rings. The fraction of sp³-hybridized carbons (Fsp3) is 0.417. The number of fused-ring (bicyclic) bond motifs is 1. The van der Waals surface area contributed by atoms with E-state index in [0.29, 0.717) is 11.4 Å². The SMILES string of the molecule is CS(=O)(=O)Nc1ccc2c(c1)NC(CNC(=O)C(F)(F)F)CO2. The molecule has 0 bridgehead atoms. The van der Waals surface area contributed by atoms with Crippen LogP contribution in [-0.2, 0) is 14.8 Å². The number of rotatable bonds is 4. The molecule has 1 aromatic rings. The summed E-state index contributed by atoms with van der Waals surface area (Å²) in [6, 6.07) is 3.89. The van der Waals surface area contributed by atoms with Gasteiger partial charge in [-0.25, -0.2) is 8.42 Å². The largest absolute Gasteiger partial charge is 0.489 e. The van der Waals surface area contributed by atoms with Gasteiger partial charge in [0, 0.05) is 6.54 Å². The van der Waals surface area contributed by atoms with Crippen molar-refractivity contribution in [1.82, 2.24) is 5.32 Å². The van der Waals surface area contributed by atoms with Crippen molar-refractivity contribution in [3.8, 4) is 5.75 Å². The van der Waals surface area contributed by atoms with Crippen molar-refractivity contribution in [2.45, 2.75) is 12.2 Å². The fourth-order valence-electron chi connectivity index (χ4n) is 1.92. The van der Waals surface area contributed by atoms with E-state index in [1.807, 2.05) is 0 Å². The number of alkyl halides is 3. The molecule has 0 saturated heterocycles. The summed E-state index contributed by atoms with van der Waals surface area (Å²) in [6.07, 6.45) is -3.95. The number of hydrogen-bond acceptors (Lipinski definition) is 5. The highest BCUT2D eigenvalue weighted by Gasteiger charge is 2.38. The van der Waals surface area contributed by atoms with Crippen LogP contribution in [-0.4, -0.2) is 46.0 Å². The van der Waals surface area contributed by atoms with Crippen molar-refractivity contribution < 1.29 is 31.1 Å². The molecule has 1 amide bonds. The molecule has 1 unspecified atom stereocenters. The minimum absolute atomic E-state index is 0.0595. The van der Waals surface area contributed by atoms with Gasteiger partial charge >= 0.3 is 12.1 Å². The van der Waals surface area contributed by atoms with Crippen molar-refractivity contribution in [3.05, 3.63) is 18.2 Å². The number of anilines is 2. The predicted molar refractivity (Wildman–Crippen MR) is 76.9 cm³/mol. The molecule has 0 fully saturated rings. The Hall–Kier alpha value is -2.17. The molecule has 2 rings (SSSR count). The Bertz CT molecular complexity index is 706. The van der Waals surface area contributed by atoms with Crippen LogP contribution in [0.4, 0.5) is 24.5 Å². The first-order chi connectivity index (χ1) is 10.5. The van der Waals surface area contributed by atoms with Gasteiger partial charge in [-0.2, -0.15) is 13.2 Å². The molecule has 3 N–H and O–H groups in total. The first-order valence-electron chi connectivity index (χ1n) is 6.41. The number of amides is 1. The summed E-state index contributed by atoms with van der Waals surface area (Å²) in [5.74, 6) is -1.60. The molecular formula is C12H14F3N3O4S. The summed E-state index contributed by atoms with van der Waals surface area (Å²) in [6.45, 7) is -0.231. The van der Waals surface area contributed by atoms with E-state index < -0.39 is 28.1 Å². The average molecular weight is 353 g/mol. The highest BCUT2D eigenvalue weighted by molar-refractivity contribution is 7.92. The maximum Gasteiger partial charge on any atom is 0.471 e. The lowest BCUT2D eigenvalue weighted by atomic mass is 10.2. The van der Waals surface area contributed by atoms with Crippen LogP contribution < -0.4 is 20.1 Å². The van der Waals surface area contributed by atoms with E-state index in [-0.39, 0.29) is 18.8 Å². The molecule has 1 aromatic carbocycles. The number of halogens is 3. The van der Waals surface area contributed by atoms with Crippen LogP contribution >= 0.6 is 0 Å². The van der Waals surface area contributed by atoms with E-state index in [4.69, 9.17) is 4.74 Å². The predicted octanol–water partition coefficient (Wildman–Crippen LogP) is 0.909. The molecule has 1 aliphatic heterocycles. The smallest absolute Gasteiger partial charge is 0.471 e. The average Bonchev–Trinajstić information content (AvgIpc) is 2.41. The third-order valence-corrected chi connectivity index (χ3v) is 3.46. The van der Waals surface area contributed by atoms with Gasteiger partial charge in [0.25, 0.3) is 0 Å². The minimum Gasteiger partial charge on any atom is -0.489 e. The second-order valence-electron chi connectivity index (χ2n) is 4.95. The van der Waals surface area contributed by atoms with Crippen molar-refractivity contribution in [1.29, 1.82) is 0 Å². The van der Waals surface area contributed by atoms with Crippen LogP contribution in [0.15, 0.2) is 18.2 Å². The van der Waals surface area contributed by atoms with E-state index in [1.165, 1.54) is 18.2 Å². The molecule has 7 nitrogen and oxygen atoms in total. The molecule has 0 aliphatic carbocycles. The molecule has 0 saturated carbocycles. The first kappa shape index (κ1) is 17.2. The van der Waals surface area contributed by atoms with Gasteiger partial charge < -0.3 is 15.4 Å². The van der Waals surface area contributed by atoms with Gasteiger partial charge in [0.15, 0.2) is 0 Å². The maximum atomic E-state index is 12.1. The molecule has 23 heavy (non-hydrogen) atoms. The second-order valence-corrected chi connectivity index (χ2v) is 6.69. The molecule has 1 heterocycles. The zero-order chi connectivity index (χ0) is 17.3. The maximum absolute atomic E-state index is 12.1. The molecule has 0 aromatic heterocycles. The minimum atomic E-state index is -4.94. The lowest BCUT2D eigenvalue weighted by Crippen LogP contribution is -2.46. The number of ether oxygens (including phenoxy) is 1. The topological polar surface area (TPSA) is 96.5 Å². The summed E-state index contributed by atoms with van der Waals surface area (Å²) in [5, 5.41) is 4.65. The molecule has 11 heteroatoms. The molecule has 1 atom stereocenters. The summed E-state index contributed by atoms with van der Waals surface area (Å²) in [4.78, 5) is 10.8. The van der Waals surface area contributed by atoms with Crippen LogP contribution in [0.25, 0.3) is 0 Å². The summed E-state index contributed by atoms with van der Waals surface area (Å²) in [5.41, 5.74) is 0.693. The highest BCUT2D eigenvalue weighted by atomic mass is 32.2. The Labute approximate surface area is 130 Å². The molecular weight excluding hydrogens is 339 g/mol. The van der Waals surface area contributed by atoms with Crippen molar-refractivity contribution in [3.63, 3.8) is 0 Å². The Balaban J connectivity index is 2.02. The molecule has 0 spiro atoms. The van der Waals surface area contributed by atoms with E-state index in [1.54, 1.807) is 5.32 Å². The van der Waals surface area contributed by atoms with Crippen LogP contribution in [0.5, 0.6) is 5.75 Å². The van der Waals surface area contributed by atoms with Crippen LogP contribution in [0, 0.1) is 0 Å². The lowest BCUT2D eigenvalue weighted by Gasteiger charge is -2.28. The third-order valence-electron chi connectivity index (χ3n) is 2.85. The second kappa shape index (κ2) is 6.14. The van der Waals surface area contributed by atoms with Gasteiger partial charge in [0.2, 0.25) is 10.0 Å². The van der Waals surface area contributed by atoms with Crippen molar-refractivity contribution in [2.24, 2.45) is 0 Å². The summed E-state index contributed by atoms with van der Waals surface area (Å²) in [7, 11) is -3.46. The normalized spacial score (nSPS) is 17.5. The Morgan fingerprint density at radius 1 is 1.43 bits per heavy atom. The van der Waals surface area contributed by atoms with E-state index in [9.17, 15) is 26.4 Å². The Morgan fingerprint density at radius 2 is 2.13 bits per heavy atom. The van der Waals surface area contributed by atoms with Crippen molar-refractivity contribution >= 4 is 27.3 Å². The number of carbonyl (C=O) groups is 1. The number of nitrogens with one attached hydrogen (secondary N) is 3. The van der Waals surface area contributed by atoms with Crippen LogP contribution in [0.2, 0.25) is 0 Å². The lowest BCUT2D eigenvalue weighted by molar-refractivity contribution is -0.173. The molecule has 128 valence electrons. The summed E-state index contributed by atoms with van der Waals surface area (Å²) < 4.78 is 66.4. The van der Waals surface area contributed by atoms with Gasteiger partial charge in [0.1, 0.15) is 12.4 Å². The zero-order valence-corrected chi connectivity index (χ0v) is 12.7. The van der Waals surface area contributed by atoms with Gasteiger partial charge in [-0.1, -0.05) is 0 Å². The van der Waals surface area contributed by atoms with E-state index >= 15 is 0 Å². The number of benzene rings is 1. The number of hydrogen-bond donors (Lipinski definition) is 3. The standard InChI is InChI=1S/C12H14F3N3O4S/c1-23(20,21)18-7-2-3-10-9(4-7)17-8(6-22-10)5-16-11(19)12(13,14)15/h2-4,8,17-18H,5-6H2,1H3,(H,16,19). The summed E-state index contributed by atoms with van der Waals surface area (Å²) >= 11 is 0. The Morgan fingerprint density at radius 3 is 2.74 bits per heavy atom. The fourth-order valence-corrected chi connectivity index (χ4v) is 2.48. The molecule has 0 radical (unpaired) electrons.